The lowest BCUT2D eigenvalue weighted by molar-refractivity contribution is -0.116. The number of fused-ring (bicyclic) bond motifs is 1. The SMILES string of the molecule is CSc1ccccc1NC(=O)CN(C)C(=O)c1ccc2c(c1)OCO2. The number of nitrogens with zero attached hydrogens (tertiary/aromatic N) is 1. The van der Waals surface area contributed by atoms with Gasteiger partial charge in [-0.2, -0.15) is 0 Å². The van der Waals surface area contributed by atoms with Crippen molar-refractivity contribution in [3.63, 3.8) is 0 Å². The largest absolute Gasteiger partial charge is 0.454 e. The van der Waals surface area contributed by atoms with E-state index in [2.05, 4.69) is 5.32 Å². The molecule has 1 aliphatic heterocycles. The lowest BCUT2D eigenvalue weighted by atomic mass is 10.2. The van der Waals surface area contributed by atoms with Crippen LogP contribution in [0.5, 0.6) is 11.5 Å². The average molecular weight is 358 g/mol. The molecule has 2 aromatic carbocycles. The van der Waals surface area contributed by atoms with Gasteiger partial charge in [-0.05, 0) is 36.6 Å². The summed E-state index contributed by atoms with van der Waals surface area (Å²) in [5.41, 5.74) is 1.19. The molecule has 0 bridgehead atoms. The smallest absolute Gasteiger partial charge is 0.254 e. The van der Waals surface area contributed by atoms with Crippen LogP contribution in [0.3, 0.4) is 0 Å². The van der Waals surface area contributed by atoms with Crippen molar-refractivity contribution < 1.29 is 19.1 Å². The van der Waals surface area contributed by atoms with E-state index in [1.165, 1.54) is 4.90 Å². The van der Waals surface area contributed by atoms with Gasteiger partial charge in [-0.25, -0.2) is 0 Å². The average Bonchev–Trinajstić information content (AvgIpc) is 3.09. The van der Waals surface area contributed by atoms with Crippen LogP contribution in [0, 0.1) is 0 Å². The Morgan fingerprint density at radius 1 is 1.16 bits per heavy atom. The van der Waals surface area contributed by atoms with Gasteiger partial charge in [0, 0.05) is 17.5 Å². The molecule has 1 aliphatic rings. The Kier molecular flexibility index (Phi) is 5.14. The number of likely N-dealkylation sites (N-methyl/N-ethyl adjacent to an activating group) is 1. The van der Waals surface area contributed by atoms with Crippen molar-refractivity contribution in [3.05, 3.63) is 48.0 Å². The molecule has 0 fully saturated rings. The minimum atomic E-state index is -0.258. The second kappa shape index (κ2) is 7.48. The fourth-order valence-corrected chi connectivity index (χ4v) is 3.03. The molecule has 2 aromatic rings. The van der Waals surface area contributed by atoms with E-state index in [9.17, 15) is 9.59 Å². The molecule has 3 rings (SSSR count). The highest BCUT2D eigenvalue weighted by atomic mass is 32.2. The van der Waals surface area contributed by atoms with Gasteiger partial charge in [-0.15, -0.1) is 11.8 Å². The zero-order valence-electron chi connectivity index (χ0n) is 13.9. The molecule has 0 radical (unpaired) electrons. The van der Waals surface area contributed by atoms with Crippen LogP contribution >= 0.6 is 11.8 Å². The van der Waals surface area contributed by atoms with Crippen molar-refractivity contribution in [3.8, 4) is 11.5 Å². The third-order valence-corrected chi connectivity index (χ3v) is 4.52. The molecule has 130 valence electrons. The summed E-state index contributed by atoms with van der Waals surface area (Å²) in [6, 6.07) is 12.5. The summed E-state index contributed by atoms with van der Waals surface area (Å²) in [5.74, 6) is 0.646. The molecule has 25 heavy (non-hydrogen) atoms. The van der Waals surface area contributed by atoms with E-state index in [4.69, 9.17) is 9.47 Å². The van der Waals surface area contributed by atoms with Crippen LogP contribution in [0.25, 0.3) is 0 Å². The Morgan fingerprint density at radius 3 is 2.72 bits per heavy atom. The number of thioether (sulfide) groups is 1. The number of benzene rings is 2. The van der Waals surface area contributed by atoms with Gasteiger partial charge in [-0.3, -0.25) is 9.59 Å². The summed E-state index contributed by atoms with van der Waals surface area (Å²) in [6.45, 7) is 0.107. The van der Waals surface area contributed by atoms with Crippen LogP contribution in [0.2, 0.25) is 0 Å². The monoisotopic (exact) mass is 358 g/mol. The zero-order valence-corrected chi connectivity index (χ0v) is 14.8. The maximum Gasteiger partial charge on any atom is 0.254 e. The fraction of sp³-hybridized carbons (Fsp3) is 0.222. The van der Waals surface area contributed by atoms with E-state index in [-0.39, 0.29) is 25.2 Å². The van der Waals surface area contributed by atoms with E-state index in [1.54, 1.807) is 37.0 Å². The second-order valence-corrected chi connectivity index (χ2v) is 6.33. The number of amides is 2. The number of hydrogen-bond donors (Lipinski definition) is 1. The molecule has 6 nitrogen and oxygen atoms in total. The van der Waals surface area contributed by atoms with Crippen molar-refractivity contribution in [1.82, 2.24) is 4.90 Å². The van der Waals surface area contributed by atoms with Crippen molar-refractivity contribution in [1.29, 1.82) is 0 Å². The van der Waals surface area contributed by atoms with Crippen molar-refractivity contribution in [2.24, 2.45) is 0 Å². The van der Waals surface area contributed by atoms with Gasteiger partial charge in [0.25, 0.3) is 5.91 Å². The minimum Gasteiger partial charge on any atom is -0.454 e. The number of para-hydroxylation sites is 1. The Bertz CT molecular complexity index is 809. The van der Waals surface area contributed by atoms with E-state index in [0.717, 1.165) is 10.6 Å². The molecule has 2 amide bonds. The number of anilines is 1. The maximum atomic E-state index is 12.5. The first-order valence-electron chi connectivity index (χ1n) is 7.66. The molecule has 1 heterocycles. The predicted molar refractivity (Wildman–Crippen MR) is 96.4 cm³/mol. The highest BCUT2D eigenvalue weighted by molar-refractivity contribution is 7.98. The minimum absolute atomic E-state index is 0.0456. The normalized spacial score (nSPS) is 11.9. The highest BCUT2D eigenvalue weighted by Crippen LogP contribution is 2.32. The summed E-state index contributed by atoms with van der Waals surface area (Å²) in [4.78, 5) is 27.1. The molecule has 0 aromatic heterocycles. The maximum absolute atomic E-state index is 12.5. The number of carbonyl (C=O) groups is 2. The number of hydrogen-bond acceptors (Lipinski definition) is 5. The van der Waals surface area contributed by atoms with E-state index < -0.39 is 0 Å². The molecule has 1 N–H and O–H groups in total. The second-order valence-electron chi connectivity index (χ2n) is 5.48. The lowest BCUT2D eigenvalue weighted by Crippen LogP contribution is -2.35. The molecular formula is C18H18N2O4S. The van der Waals surface area contributed by atoms with Crippen molar-refractivity contribution >= 4 is 29.3 Å². The molecule has 0 aliphatic carbocycles. The number of rotatable bonds is 5. The molecule has 0 spiro atoms. The van der Waals surface area contributed by atoms with Crippen molar-refractivity contribution in [2.45, 2.75) is 4.90 Å². The van der Waals surface area contributed by atoms with Gasteiger partial charge in [0.1, 0.15) is 0 Å². The van der Waals surface area contributed by atoms with E-state index in [0.29, 0.717) is 17.1 Å². The fourth-order valence-electron chi connectivity index (χ4n) is 2.47. The summed E-state index contributed by atoms with van der Waals surface area (Å²) in [7, 11) is 1.59. The van der Waals surface area contributed by atoms with Gasteiger partial charge >= 0.3 is 0 Å². The van der Waals surface area contributed by atoms with Crippen LogP contribution < -0.4 is 14.8 Å². The standard InChI is InChI=1S/C18H18N2O4S/c1-20(10-17(21)19-13-5-3-4-6-16(13)25-2)18(22)12-7-8-14-15(9-12)24-11-23-14/h3-9H,10-11H2,1-2H3,(H,19,21). The quantitative estimate of drug-likeness (QED) is 0.833. The van der Waals surface area contributed by atoms with Gasteiger partial charge in [0.05, 0.1) is 12.2 Å². The Morgan fingerprint density at radius 2 is 1.92 bits per heavy atom. The van der Waals surface area contributed by atoms with Gasteiger partial charge in [0.15, 0.2) is 11.5 Å². The van der Waals surface area contributed by atoms with Crippen LogP contribution in [-0.2, 0) is 4.79 Å². The first kappa shape index (κ1) is 17.2. The zero-order chi connectivity index (χ0) is 17.8. The Balaban J connectivity index is 1.64. The van der Waals surface area contributed by atoms with Crippen molar-refractivity contribution in [2.75, 3.05) is 32.0 Å². The summed E-state index contributed by atoms with van der Waals surface area (Å²) >= 11 is 1.55. The Hall–Kier alpha value is -2.67. The molecule has 0 atom stereocenters. The molecule has 0 saturated carbocycles. The lowest BCUT2D eigenvalue weighted by Gasteiger charge is -2.17. The molecule has 7 heteroatoms. The molecule has 0 saturated heterocycles. The van der Waals surface area contributed by atoms with Crippen LogP contribution in [0.4, 0.5) is 5.69 Å². The summed E-state index contributed by atoms with van der Waals surface area (Å²) in [5, 5.41) is 2.84. The molecule has 0 unspecified atom stereocenters. The highest BCUT2D eigenvalue weighted by Gasteiger charge is 2.20. The van der Waals surface area contributed by atoms with Gasteiger partial charge in [-0.1, -0.05) is 12.1 Å². The first-order valence-corrected chi connectivity index (χ1v) is 8.89. The summed E-state index contributed by atoms with van der Waals surface area (Å²) < 4.78 is 10.5. The Labute approximate surface area is 150 Å². The number of carbonyl (C=O) groups excluding carboxylic acids is 2. The predicted octanol–water partition coefficient (Wildman–Crippen LogP) is 2.85. The van der Waals surface area contributed by atoms with E-state index >= 15 is 0 Å². The topological polar surface area (TPSA) is 67.9 Å². The van der Waals surface area contributed by atoms with Gasteiger partial charge < -0.3 is 19.7 Å². The summed E-state index contributed by atoms with van der Waals surface area (Å²) in [6.07, 6.45) is 1.94. The van der Waals surface area contributed by atoms with Crippen LogP contribution in [0.1, 0.15) is 10.4 Å². The number of nitrogens with one attached hydrogen (secondary N) is 1. The number of ether oxygens (including phenoxy) is 2. The molecular weight excluding hydrogens is 340 g/mol. The van der Waals surface area contributed by atoms with Crippen LogP contribution in [0.15, 0.2) is 47.4 Å². The third-order valence-electron chi connectivity index (χ3n) is 3.73. The van der Waals surface area contributed by atoms with Gasteiger partial charge in [0.2, 0.25) is 12.7 Å². The van der Waals surface area contributed by atoms with Crippen LogP contribution in [-0.4, -0.2) is 43.4 Å². The van der Waals surface area contributed by atoms with E-state index in [1.807, 2.05) is 30.5 Å². The first-order chi connectivity index (χ1) is 12.1. The third kappa shape index (κ3) is 3.88.